The first-order valence-electron chi connectivity index (χ1n) is 13.4. The first-order chi connectivity index (χ1) is 15.7. The zero-order valence-corrected chi connectivity index (χ0v) is 21.4. The third kappa shape index (κ3) is 5.10. The minimum atomic E-state index is 0.113. The molecule has 180 valence electrons. The van der Waals surface area contributed by atoms with E-state index in [1.54, 1.807) is 0 Å². The summed E-state index contributed by atoms with van der Waals surface area (Å²) in [4.78, 5) is 0. The molecule has 2 aromatic rings. The highest BCUT2D eigenvalue weighted by Gasteiger charge is 2.33. The number of phenolic OH excluding ortho intramolecular Hbond substituents is 2. The molecule has 0 aromatic heterocycles. The second-order valence-electron chi connectivity index (χ2n) is 11.7. The quantitative estimate of drug-likeness (QED) is 0.466. The maximum atomic E-state index is 10.9. The van der Waals surface area contributed by atoms with Gasteiger partial charge in [-0.3, -0.25) is 0 Å². The minimum Gasteiger partial charge on any atom is -0.507 e. The van der Waals surface area contributed by atoms with E-state index in [1.807, 2.05) is 0 Å². The van der Waals surface area contributed by atoms with Gasteiger partial charge in [-0.2, -0.15) is 0 Å². The summed E-state index contributed by atoms with van der Waals surface area (Å²) in [7, 11) is 0. The summed E-state index contributed by atoms with van der Waals surface area (Å²) >= 11 is 0. The summed E-state index contributed by atoms with van der Waals surface area (Å²) in [5.41, 5.74) is 7.30. The van der Waals surface area contributed by atoms with Crippen LogP contribution in [-0.4, -0.2) is 10.2 Å². The molecule has 33 heavy (non-hydrogen) atoms. The summed E-state index contributed by atoms with van der Waals surface area (Å²) < 4.78 is 0. The molecule has 2 nitrogen and oxygen atoms in total. The zero-order valence-electron chi connectivity index (χ0n) is 21.4. The number of rotatable bonds is 6. The predicted molar refractivity (Wildman–Crippen MR) is 139 cm³/mol. The van der Waals surface area contributed by atoms with Gasteiger partial charge in [-0.1, -0.05) is 76.6 Å². The summed E-state index contributed by atoms with van der Waals surface area (Å²) in [6, 6.07) is 8.96. The van der Waals surface area contributed by atoms with Crippen molar-refractivity contribution in [1.29, 1.82) is 0 Å². The lowest BCUT2D eigenvalue weighted by Gasteiger charge is -2.35. The molecule has 2 aromatic carbocycles. The van der Waals surface area contributed by atoms with E-state index in [4.69, 9.17) is 0 Å². The molecule has 4 rings (SSSR count). The van der Waals surface area contributed by atoms with E-state index in [9.17, 15) is 10.2 Å². The van der Waals surface area contributed by atoms with E-state index < -0.39 is 0 Å². The van der Waals surface area contributed by atoms with E-state index in [2.05, 4.69) is 52.0 Å². The fraction of sp³-hybridized carbons (Fsp3) is 0.613. The molecule has 2 fully saturated rings. The third-order valence-corrected chi connectivity index (χ3v) is 8.87. The Morgan fingerprint density at radius 1 is 0.606 bits per heavy atom. The lowest BCUT2D eigenvalue weighted by Crippen LogP contribution is -2.25. The fourth-order valence-corrected chi connectivity index (χ4v) is 6.62. The normalized spacial score (nSPS) is 20.0. The molecular formula is C31H44O2. The number of phenols is 2. The molecule has 2 saturated carbocycles. The van der Waals surface area contributed by atoms with Gasteiger partial charge in [0, 0.05) is 11.1 Å². The molecule has 2 heteroatoms. The van der Waals surface area contributed by atoms with Crippen molar-refractivity contribution < 1.29 is 10.2 Å². The molecular weight excluding hydrogens is 404 g/mol. The van der Waals surface area contributed by atoms with Crippen LogP contribution in [0.1, 0.15) is 118 Å². The van der Waals surface area contributed by atoms with Crippen LogP contribution in [0.4, 0.5) is 0 Å². The Morgan fingerprint density at radius 2 is 0.970 bits per heavy atom. The van der Waals surface area contributed by atoms with Crippen molar-refractivity contribution in [2.75, 3.05) is 0 Å². The molecule has 0 bridgehead atoms. The second kappa shape index (κ2) is 9.72. The Morgan fingerprint density at radius 3 is 1.33 bits per heavy atom. The van der Waals surface area contributed by atoms with Crippen LogP contribution in [0.3, 0.4) is 0 Å². The molecule has 2 N–H and O–H groups in total. The van der Waals surface area contributed by atoms with Gasteiger partial charge in [0.2, 0.25) is 0 Å². The molecule has 0 radical (unpaired) electrons. The van der Waals surface area contributed by atoms with Crippen LogP contribution < -0.4 is 0 Å². The van der Waals surface area contributed by atoms with Gasteiger partial charge < -0.3 is 10.2 Å². The maximum Gasteiger partial charge on any atom is 0.122 e. The highest BCUT2D eigenvalue weighted by molar-refractivity contribution is 5.48. The van der Waals surface area contributed by atoms with Gasteiger partial charge >= 0.3 is 0 Å². The Bertz CT molecular complexity index is 895. The molecule has 2 aliphatic rings. The molecule has 0 spiro atoms. The van der Waals surface area contributed by atoms with Crippen molar-refractivity contribution in [3.8, 4) is 11.5 Å². The number of aryl methyl sites for hydroxylation is 4. The van der Waals surface area contributed by atoms with Crippen LogP contribution in [0, 0.1) is 13.8 Å². The minimum absolute atomic E-state index is 0.113. The van der Waals surface area contributed by atoms with Gasteiger partial charge in [-0.05, 0) is 91.9 Å². The fourth-order valence-electron chi connectivity index (χ4n) is 6.62. The van der Waals surface area contributed by atoms with Crippen LogP contribution >= 0.6 is 0 Å². The lowest BCUT2D eigenvalue weighted by atomic mass is 9.70. The molecule has 0 heterocycles. The number of hydrogen-bond acceptors (Lipinski definition) is 2. The van der Waals surface area contributed by atoms with E-state index in [0.29, 0.717) is 11.5 Å². The van der Waals surface area contributed by atoms with Crippen LogP contribution in [0.5, 0.6) is 11.5 Å². The topological polar surface area (TPSA) is 40.5 Å². The van der Waals surface area contributed by atoms with Gasteiger partial charge in [0.25, 0.3) is 0 Å². The number of hydrogen-bond donors (Lipinski definition) is 2. The molecule has 2 aliphatic carbocycles. The summed E-state index contributed by atoms with van der Waals surface area (Å²) in [6.45, 7) is 8.79. The van der Waals surface area contributed by atoms with Gasteiger partial charge in [0.05, 0.1) is 0 Å². The van der Waals surface area contributed by atoms with Crippen molar-refractivity contribution in [2.24, 2.45) is 0 Å². The highest BCUT2D eigenvalue weighted by Crippen LogP contribution is 2.45. The van der Waals surface area contributed by atoms with Crippen molar-refractivity contribution in [3.63, 3.8) is 0 Å². The maximum absolute atomic E-state index is 10.9. The van der Waals surface area contributed by atoms with Gasteiger partial charge in [0.1, 0.15) is 11.5 Å². The molecule has 0 aliphatic heterocycles. The van der Waals surface area contributed by atoms with Crippen LogP contribution in [0.2, 0.25) is 0 Å². The molecule has 0 atom stereocenters. The predicted octanol–water partition coefficient (Wildman–Crippen LogP) is 8.33. The van der Waals surface area contributed by atoms with Crippen molar-refractivity contribution in [2.45, 2.75) is 122 Å². The standard InChI is InChI=1S/C31H44O2/c1-22-18-24(20-26(28(22)32)30(3)14-7-5-8-15-30)12-11-13-25-19-23(2)29(33)27(21-25)31(4)16-9-6-10-17-31/h18-21,32-33H,5-17H2,1-4H3. The molecule has 0 saturated heterocycles. The number of benzene rings is 2. The van der Waals surface area contributed by atoms with Crippen LogP contribution in [-0.2, 0) is 23.7 Å². The van der Waals surface area contributed by atoms with Crippen molar-refractivity contribution >= 4 is 0 Å². The average Bonchev–Trinajstić information content (AvgIpc) is 2.79. The lowest BCUT2D eigenvalue weighted by molar-refractivity contribution is 0.307. The van der Waals surface area contributed by atoms with Crippen LogP contribution in [0.15, 0.2) is 24.3 Å². The molecule has 0 amide bonds. The summed E-state index contributed by atoms with van der Waals surface area (Å²) in [5, 5.41) is 21.7. The van der Waals surface area contributed by atoms with Gasteiger partial charge in [-0.25, -0.2) is 0 Å². The van der Waals surface area contributed by atoms with Crippen molar-refractivity contribution in [1.82, 2.24) is 0 Å². The molecule has 0 unspecified atom stereocenters. The summed E-state index contributed by atoms with van der Waals surface area (Å²) in [5.74, 6) is 1.03. The smallest absolute Gasteiger partial charge is 0.122 e. The van der Waals surface area contributed by atoms with E-state index in [1.165, 1.54) is 86.5 Å². The highest BCUT2D eigenvalue weighted by atomic mass is 16.3. The van der Waals surface area contributed by atoms with E-state index in [-0.39, 0.29) is 10.8 Å². The summed E-state index contributed by atoms with van der Waals surface area (Å²) in [6.07, 6.45) is 15.5. The van der Waals surface area contributed by atoms with Gasteiger partial charge in [0.15, 0.2) is 0 Å². The average molecular weight is 449 g/mol. The Labute approximate surface area is 201 Å². The van der Waals surface area contributed by atoms with Crippen molar-refractivity contribution in [3.05, 3.63) is 57.6 Å². The van der Waals surface area contributed by atoms with Gasteiger partial charge in [-0.15, -0.1) is 0 Å². The zero-order chi connectivity index (χ0) is 23.6. The monoisotopic (exact) mass is 448 g/mol. The first kappa shape index (κ1) is 24.2. The second-order valence-corrected chi connectivity index (χ2v) is 11.7. The third-order valence-electron chi connectivity index (χ3n) is 8.87. The first-order valence-corrected chi connectivity index (χ1v) is 13.4. The largest absolute Gasteiger partial charge is 0.507 e. The SMILES string of the molecule is Cc1cc(CCCc2cc(C)c(O)c(C3(C)CCCCC3)c2)cc(C2(C)CCCCC2)c1O. The number of aromatic hydroxyl groups is 2. The Kier molecular flexibility index (Phi) is 7.12. The Balaban J connectivity index is 1.50. The Hall–Kier alpha value is -1.96. The van der Waals surface area contributed by atoms with Crippen LogP contribution in [0.25, 0.3) is 0 Å². The van der Waals surface area contributed by atoms with E-state index in [0.717, 1.165) is 30.4 Å². The van der Waals surface area contributed by atoms with E-state index >= 15 is 0 Å².